The number of fused-ring (bicyclic) bond motifs is 1. The quantitative estimate of drug-likeness (QED) is 0.171. The molecule has 7 heterocycles. The van der Waals surface area contributed by atoms with Crippen molar-refractivity contribution in [1.29, 1.82) is 0 Å². The minimum atomic E-state index is -0.976. The Hall–Kier alpha value is -6.49. The highest BCUT2D eigenvalue weighted by Crippen LogP contribution is 2.37. The number of benzene rings is 2. The van der Waals surface area contributed by atoms with Crippen LogP contribution in [-0.2, 0) is 23.2 Å². The molecule has 3 saturated heterocycles. The first-order valence-electron chi connectivity index (χ1n) is 21.3. The van der Waals surface area contributed by atoms with E-state index in [0.29, 0.717) is 40.0 Å². The first kappa shape index (κ1) is 40.9. The Balaban J connectivity index is 0.783. The van der Waals surface area contributed by atoms with Gasteiger partial charge in [-0.05, 0) is 119 Å². The summed E-state index contributed by atoms with van der Waals surface area (Å²) in [7, 11) is 1.73. The van der Waals surface area contributed by atoms with Gasteiger partial charge in [0.25, 0.3) is 11.8 Å². The highest BCUT2D eigenvalue weighted by atomic mass is 19.1. The number of aromatic nitrogens is 6. The Morgan fingerprint density at radius 3 is 2.32 bits per heavy atom. The summed E-state index contributed by atoms with van der Waals surface area (Å²) in [6, 6.07) is 10.8. The van der Waals surface area contributed by atoms with Crippen molar-refractivity contribution in [3.63, 3.8) is 0 Å². The molecule has 1 unspecified atom stereocenters. The van der Waals surface area contributed by atoms with E-state index in [1.807, 2.05) is 32.2 Å². The third-order valence-electron chi connectivity index (χ3n) is 12.9. The molecule has 4 aliphatic heterocycles. The Kier molecular flexibility index (Phi) is 11.1. The number of hydrogen-bond acceptors (Lipinski definition) is 12. The molecule has 4 amide bonds. The van der Waals surface area contributed by atoms with Crippen molar-refractivity contribution in [2.75, 3.05) is 43.4 Å². The zero-order valence-electron chi connectivity index (χ0n) is 35.1. The van der Waals surface area contributed by atoms with E-state index in [1.165, 1.54) is 16.9 Å². The van der Waals surface area contributed by atoms with E-state index >= 15 is 0 Å². The average Bonchev–Trinajstić information content (AvgIpc) is 3.93. The molecule has 0 saturated carbocycles. The number of carbonyl (C=O) groups is 4. The van der Waals surface area contributed by atoms with Crippen LogP contribution in [-0.4, -0.2) is 102 Å². The van der Waals surface area contributed by atoms with E-state index in [2.05, 4.69) is 35.0 Å². The number of nitrogens with two attached hydrogens (primary N) is 1. The summed E-state index contributed by atoms with van der Waals surface area (Å²) in [5.41, 5.74) is 12.6. The number of amides is 4. The molecule has 62 heavy (non-hydrogen) atoms. The number of carbonyl (C=O) groups excluding carboxylic acids is 4. The lowest BCUT2D eigenvalue weighted by Gasteiger charge is -2.38. The summed E-state index contributed by atoms with van der Waals surface area (Å²) in [5.74, 6) is -0.715. The molecule has 2 aromatic carbocycles. The van der Waals surface area contributed by atoms with E-state index in [1.54, 1.807) is 37.6 Å². The third-order valence-corrected chi connectivity index (χ3v) is 12.9. The van der Waals surface area contributed by atoms with E-state index in [9.17, 15) is 23.6 Å². The van der Waals surface area contributed by atoms with E-state index < -0.39 is 35.8 Å². The smallest absolute Gasteiger partial charge is 0.262 e. The van der Waals surface area contributed by atoms with Crippen LogP contribution in [0.15, 0.2) is 61.1 Å². The molecule has 4 aliphatic rings. The van der Waals surface area contributed by atoms with Crippen LogP contribution in [0, 0.1) is 24.6 Å². The zero-order chi connectivity index (χ0) is 43.2. The van der Waals surface area contributed by atoms with Gasteiger partial charge in [-0.2, -0.15) is 20.1 Å². The van der Waals surface area contributed by atoms with Gasteiger partial charge in [-0.3, -0.25) is 34.1 Å². The van der Waals surface area contributed by atoms with Crippen LogP contribution < -0.4 is 20.7 Å². The maximum Gasteiger partial charge on any atom is 0.262 e. The molecular formula is C45H50FN11O5. The highest BCUT2D eigenvalue weighted by Gasteiger charge is 2.45. The van der Waals surface area contributed by atoms with E-state index in [0.717, 1.165) is 97.9 Å². The second-order valence-corrected chi connectivity index (χ2v) is 17.0. The fourth-order valence-electron chi connectivity index (χ4n) is 9.49. The Labute approximate surface area is 358 Å². The number of hydrogen-bond donors (Lipinski definition) is 2. The Morgan fingerprint density at radius 1 is 0.855 bits per heavy atom. The van der Waals surface area contributed by atoms with E-state index in [4.69, 9.17) is 15.6 Å². The summed E-state index contributed by atoms with van der Waals surface area (Å²) in [6.07, 6.45) is 9.07. The standard InChI is InChI=1S/C45H50FN11O5/c1-26-21-50-56(41(26)30-18-39(42(47)48-22-30)62-27(2)35-19-31(46)4-6-33(35)37-23-49-53(3)52-37)25-29-10-14-54(15-11-29)24-28-12-16-55(17-13-28)32-5-7-34-36(20-32)45(61)57(44(34)60)38-8-9-40(58)51-43(38)59/h4-7,18-23,27-29,38H,8-17,24-25H2,1-3H3,(H2,47,48)(H,51,58,59)/t27-,38?/m1/s1. The number of anilines is 2. The SMILES string of the molecule is Cc1cnn(CC2CCN(CC3CCN(c4ccc5c(c4)C(=O)N(C4CCC(=O)NC4=O)C5=O)CC3)CC2)c1-c1cnc(N)c(O[C@H](C)c2cc(F)ccc2-c2cnn(C)n2)c1. The van der Waals surface area contributed by atoms with E-state index in [-0.39, 0.29) is 24.5 Å². The molecule has 3 aromatic heterocycles. The lowest BCUT2D eigenvalue weighted by molar-refractivity contribution is -0.136. The summed E-state index contributed by atoms with van der Waals surface area (Å²) in [5, 5.41) is 15.6. The average molecular weight is 844 g/mol. The van der Waals surface area contributed by atoms with Crippen LogP contribution >= 0.6 is 0 Å². The second-order valence-electron chi connectivity index (χ2n) is 17.0. The normalized spacial score (nSPS) is 19.6. The number of nitrogen functional groups attached to an aromatic ring is 1. The molecule has 2 atom stereocenters. The largest absolute Gasteiger partial charge is 0.482 e. The van der Waals surface area contributed by atoms with Gasteiger partial charge in [0, 0.05) is 68.2 Å². The van der Waals surface area contributed by atoms with Gasteiger partial charge >= 0.3 is 0 Å². The predicted molar refractivity (Wildman–Crippen MR) is 227 cm³/mol. The second kappa shape index (κ2) is 16.8. The number of nitrogens with zero attached hydrogens (tertiary/aromatic N) is 9. The predicted octanol–water partition coefficient (Wildman–Crippen LogP) is 4.94. The Morgan fingerprint density at radius 2 is 1.58 bits per heavy atom. The van der Waals surface area contributed by atoms with Gasteiger partial charge in [0.15, 0.2) is 11.6 Å². The van der Waals surface area contributed by atoms with Gasteiger partial charge in [0.1, 0.15) is 23.7 Å². The summed E-state index contributed by atoms with van der Waals surface area (Å²) < 4.78 is 23.0. The van der Waals surface area contributed by atoms with Crippen molar-refractivity contribution in [2.45, 2.75) is 71.1 Å². The molecule has 9 rings (SSSR count). The van der Waals surface area contributed by atoms with Crippen molar-refractivity contribution in [2.24, 2.45) is 18.9 Å². The lowest BCUT2D eigenvalue weighted by atomic mass is 9.92. The number of halogens is 1. The van der Waals surface area contributed by atoms with Crippen molar-refractivity contribution in [3.05, 3.63) is 89.1 Å². The third kappa shape index (κ3) is 8.03. The number of ether oxygens (including phenoxy) is 1. The fourth-order valence-corrected chi connectivity index (χ4v) is 9.49. The summed E-state index contributed by atoms with van der Waals surface area (Å²) in [6.45, 7) is 9.42. The van der Waals surface area contributed by atoms with Gasteiger partial charge in [-0.25, -0.2) is 9.37 Å². The highest BCUT2D eigenvalue weighted by molar-refractivity contribution is 6.23. The van der Waals surface area contributed by atoms with Crippen LogP contribution in [0.3, 0.4) is 0 Å². The lowest BCUT2D eigenvalue weighted by Crippen LogP contribution is -2.54. The van der Waals surface area contributed by atoms with Gasteiger partial charge < -0.3 is 20.3 Å². The van der Waals surface area contributed by atoms with Gasteiger partial charge in [-0.15, -0.1) is 0 Å². The molecule has 0 spiro atoms. The van der Waals surface area contributed by atoms with Gasteiger partial charge in [-0.1, -0.05) is 0 Å². The summed E-state index contributed by atoms with van der Waals surface area (Å²) >= 11 is 0. The molecule has 3 N–H and O–H groups in total. The maximum atomic E-state index is 14.5. The maximum absolute atomic E-state index is 14.5. The first-order valence-corrected chi connectivity index (χ1v) is 21.3. The van der Waals surface area contributed by atoms with Crippen LogP contribution in [0.4, 0.5) is 15.9 Å². The minimum absolute atomic E-state index is 0.0894. The number of aryl methyl sites for hydroxylation is 2. The van der Waals surface area contributed by atoms with Crippen LogP contribution in [0.1, 0.15) is 83.4 Å². The Bertz CT molecular complexity index is 2560. The molecule has 0 bridgehead atoms. The van der Waals surface area contributed by atoms with Crippen LogP contribution in [0.2, 0.25) is 0 Å². The topological polar surface area (TPSA) is 187 Å². The number of likely N-dealkylation sites (tertiary alicyclic amines) is 1. The van der Waals surface area contributed by atoms with Crippen molar-refractivity contribution < 1.29 is 28.3 Å². The van der Waals surface area contributed by atoms with Crippen molar-refractivity contribution in [3.8, 4) is 28.3 Å². The number of pyridine rings is 1. The first-order chi connectivity index (χ1) is 29.9. The molecule has 16 nitrogen and oxygen atoms in total. The number of rotatable bonds is 11. The van der Waals surface area contributed by atoms with Crippen molar-refractivity contribution >= 4 is 35.1 Å². The molecule has 0 aliphatic carbocycles. The molecule has 322 valence electrons. The summed E-state index contributed by atoms with van der Waals surface area (Å²) in [4.78, 5) is 62.5. The van der Waals surface area contributed by atoms with Crippen molar-refractivity contribution in [1.82, 2.24) is 44.9 Å². The fraction of sp³-hybridized carbons (Fsp3) is 0.422. The molecule has 3 fully saturated rings. The monoisotopic (exact) mass is 843 g/mol. The van der Waals surface area contributed by atoms with Crippen LogP contribution in [0.25, 0.3) is 22.5 Å². The minimum Gasteiger partial charge on any atom is -0.482 e. The van der Waals surface area contributed by atoms with Crippen LogP contribution in [0.5, 0.6) is 5.75 Å². The molecule has 0 radical (unpaired) electrons. The zero-order valence-corrected chi connectivity index (χ0v) is 35.1. The van der Waals surface area contributed by atoms with Gasteiger partial charge in [0.05, 0.1) is 29.2 Å². The number of piperidine rings is 3. The molecular weight excluding hydrogens is 794 g/mol. The number of nitrogens with one attached hydrogen (secondary N) is 1. The van der Waals surface area contributed by atoms with Gasteiger partial charge in [0.2, 0.25) is 11.8 Å². The molecule has 17 heteroatoms. The molecule has 5 aromatic rings. The number of imide groups is 2.